The van der Waals surface area contributed by atoms with Gasteiger partial charge in [0, 0.05) is 51.8 Å². The first-order valence-electron chi connectivity index (χ1n) is 12.8. The highest BCUT2D eigenvalue weighted by atomic mass is 35.5. The first-order valence-corrected chi connectivity index (χ1v) is 13.3. The predicted octanol–water partition coefficient (Wildman–Crippen LogP) is 7.29. The van der Waals surface area contributed by atoms with Crippen molar-refractivity contribution in [3.63, 3.8) is 0 Å². The van der Waals surface area contributed by atoms with Crippen molar-refractivity contribution >= 4 is 67.4 Å². The lowest BCUT2D eigenvalue weighted by atomic mass is 9.95. The second kappa shape index (κ2) is 9.65. The van der Waals surface area contributed by atoms with Crippen LogP contribution >= 0.6 is 11.6 Å². The SMILES string of the molecule is O=C(Nc1ccc2[nH]c(C(=O)N3CC(CCl)c4c3cc(OO)c3ccccc43)cc2c1)c1cc2cc(F)ccc2o1. The van der Waals surface area contributed by atoms with Crippen molar-refractivity contribution in [3.8, 4) is 5.75 Å². The average molecular weight is 570 g/mol. The van der Waals surface area contributed by atoms with Crippen LogP contribution in [0.3, 0.4) is 0 Å². The maximum absolute atomic E-state index is 13.8. The molecule has 7 rings (SSSR count). The summed E-state index contributed by atoms with van der Waals surface area (Å²) in [6.45, 7) is 0.370. The van der Waals surface area contributed by atoms with Crippen molar-refractivity contribution in [2.45, 2.75) is 5.92 Å². The topological polar surface area (TPSA) is 108 Å². The molecule has 8 nitrogen and oxygen atoms in total. The van der Waals surface area contributed by atoms with Gasteiger partial charge in [-0.15, -0.1) is 11.6 Å². The van der Waals surface area contributed by atoms with E-state index >= 15 is 0 Å². The van der Waals surface area contributed by atoms with Gasteiger partial charge in [0.2, 0.25) is 0 Å². The number of nitrogens with zero attached hydrogens (tertiary/aromatic N) is 1. The van der Waals surface area contributed by atoms with Gasteiger partial charge in [-0.25, -0.2) is 9.65 Å². The number of benzene rings is 4. The number of furan rings is 1. The Bertz CT molecular complexity index is 2020. The van der Waals surface area contributed by atoms with Crippen LogP contribution in [0.5, 0.6) is 5.75 Å². The van der Waals surface area contributed by atoms with Crippen LogP contribution in [-0.2, 0) is 0 Å². The molecular formula is C31H21ClFN3O5. The van der Waals surface area contributed by atoms with E-state index < -0.39 is 11.7 Å². The van der Waals surface area contributed by atoms with E-state index in [-0.39, 0.29) is 23.3 Å². The van der Waals surface area contributed by atoms with E-state index in [1.165, 1.54) is 24.3 Å². The smallest absolute Gasteiger partial charge is 0.291 e. The third-order valence-corrected chi connectivity index (χ3v) is 7.84. The Morgan fingerprint density at radius 2 is 1.88 bits per heavy atom. The van der Waals surface area contributed by atoms with Crippen molar-refractivity contribution in [1.29, 1.82) is 0 Å². The zero-order valence-electron chi connectivity index (χ0n) is 21.3. The summed E-state index contributed by atoms with van der Waals surface area (Å²) in [5.74, 6) is -0.656. The van der Waals surface area contributed by atoms with Crippen LogP contribution < -0.4 is 15.1 Å². The van der Waals surface area contributed by atoms with E-state index in [1.54, 1.807) is 35.2 Å². The van der Waals surface area contributed by atoms with Gasteiger partial charge in [-0.3, -0.25) is 9.59 Å². The number of fused-ring (bicyclic) bond motifs is 5. The fraction of sp³-hybridized carbons (Fsp3) is 0.0968. The predicted molar refractivity (Wildman–Crippen MR) is 155 cm³/mol. The van der Waals surface area contributed by atoms with Crippen LogP contribution in [0, 0.1) is 5.82 Å². The monoisotopic (exact) mass is 569 g/mol. The molecule has 0 spiro atoms. The number of carbonyl (C=O) groups is 2. The van der Waals surface area contributed by atoms with E-state index in [2.05, 4.69) is 15.2 Å². The molecule has 204 valence electrons. The van der Waals surface area contributed by atoms with Crippen LogP contribution in [0.4, 0.5) is 15.8 Å². The molecular weight excluding hydrogens is 549 g/mol. The highest BCUT2D eigenvalue weighted by Crippen LogP contribution is 2.46. The van der Waals surface area contributed by atoms with Crippen molar-refractivity contribution in [3.05, 3.63) is 102 Å². The fourth-order valence-electron chi connectivity index (χ4n) is 5.60. The summed E-state index contributed by atoms with van der Waals surface area (Å²) in [5.41, 5.74) is 3.52. The summed E-state index contributed by atoms with van der Waals surface area (Å²) in [4.78, 5) is 36.0. The number of H-pyrrole nitrogens is 1. The number of anilines is 2. The standard InChI is InChI=1S/C31H21ClFN3O5/c32-14-18-15-36(25-13-27(41-39)21-3-1-2-4-22(21)29(18)25)31(38)24-11-16-10-20(6-7-23(16)35-24)34-30(37)28-12-17-9-19(33)5-8-26(17)40-28/h1-13,18,35,39H,14-15H2,(H,34,37). The van der Waals surface area contributed by atoms with Gasteiger partial charge < -0.3 is 24.5 Å². The van der Waals surface area contributed by atoms with Gasteiger partial charge in [-0.05, 0) is 59.5 Å². The molecule has 1 aliphatic rings. The number of alkyl halides is 1. The second-order valence-electron chi connectivity index (χ2n) is 9.94. The van der Waals surface area contributed by atoms with E-state index in [0.29, 0.717) is 51.4 Å². The first-order chi connectivity index (χ1) is 19.9. The molecule has 0 saturated carbocycles. The molecule has 4 aromatic carbocycles. The minimum absolute atomic E-state index is 0.0518. The van der Waals surface area contributed by atoms with Crippen molar-refractivity contribution in [2.24, 2.45) is 0 Å². The van der Waals surface area contributed by atoms with E-state index in [4.69, 9.17) is 16.0 Å². The van der Waals surface area contributed by atoms with Crippen LogP contribution in [0.15, 0.2) is 83.3 Å². The Morgan fingerprint density at radius 1 is 1.05 bits per heavy atom. The molecule has 41 heavy (non-hydrogen) atoms. The number of amides is 2. The van der Waals surface area contributed by atoms with E-state index in [9.17, 15) is 19.2 Å². The van der Waals surface area contributed by atoms with Crippen molar-refractivity contribution in [2.75, 3.05) is 22.6 Å². The Labute approximate surface area is 236 Å². The Morgan fingerprint density at radius 3 is 2.68 bits per heavy atom. The summed E-state index contributed by atoms with van der Waals surface area (Å²) in [6, 6.07) is 21.6. The summed E-state index contributed by atoms with van der Waals surface area (Å²) in [6.07, 6.45) is 0. The van der Waals surface area contributed by atoms with E-state index in [0.717, 1.165) is 16.3 Å². The van der Waals surface area contributed by atoms with Crippen LogP contribution in [0.2, 0.25) is 0 Å². The number of rotatable bonds is 5. The Hall–Kier alpha value is -4.86. The molecule has 1 atom stereocenters. The molecule has 0 aliphatic carbocycles. The molecule has 6 aromatic rings. The van der Waals surface area contributed by atoms with Crippen molar-refractivity contribution < 1.29 is 28.5 Å². The first kappa shape index (κ1) is 25.1. The number of aromatic amines is 1. The van der Waals surface area contributed by atoms with Gasteiger partial charge in [0.05, 0.1) is 5.69 Å². The van der Waals surface area contributed by atoms with Gasteiger partial charge in [-0.2, -0.15) is 0 Å². The zero-order valence-corrected chi connectivity index (χ0v) is 22.0. The van der Waals surface area contributed by atoms with Crippen LogP contribution in [0.1, 0.15) is 32.5 Å². The van der Waals surface area contributed by atoms with Gasteiger partial charge in [0.15, 0.2) is 11.5 Å². The zero-order chi connectivity index (χ0) is 28.2. The molecule has 0 bridgehead atoms. The third kappa shape index (κ3) is 4.18. The van der Waals surface area contributed by atoms with Crippen LogP contribution in [-0.4, -0.2) is 34.5 Å². The quantitative estimate of drug-likeness (QED) is 0.115. The minimum atomic E-state index is -0.484. The van der Waals surface area contributed by atoms with Crippen molar-refractivity contribution in [1.82, 2.24) is 4.98 Å². The van der Waals surface area contributed by atoms with E-state index in [1.807, 2.05) is 24.3 Å². The number of hydrogen-bond acceptors (Lipinski definition) is 5. The average Bonchev–Trinajstić information content (AvgIpc) is 3.70. The largest absolute Gasteiger partial charge is 0.451 e. The lowest BCUT2D eigenvalue weighted by Gasteiger charge is -2.18. The molecule has 0 fully saturated rings. The normalized spacial score (nSPS) is 14.6. The molecule has 1 aliphatic heterocycles. The third-order valence-electron chi connectivity index (χ3n) is 7.47. The highest BCUT2D eigenvalue weighted by molar-refractivity contribution is 6.19. The molecule has 3 N–H and O–H groups in total. The Balaban J connectivity index is 1.18. The van der Waals surface area contributed by atoms with Gasteiger partial charge in [-0.1, -0.05) is 24.3 Å². The molecule has 0 radical (unpaired) electrons. The minimum Gasteiger partial charge on any atom is -0.451 e. The maximum atomic E-state index is 13.8. The molecule has 1 unspecified atom stereocenters. The lowest BCUT2D eigenvalue weighted by Crippen LogP contribution is -2.30. The lowest BCUT2D eigenvalue weighted by molar-refractivity contribution is -0.136. The summed E-state index contributed by atoms with van der Waals surface area (Å²) in [5, 5.41) is 15.1. The summed E-state index contributed by atoms with van der Waals surface area (Å²) >= 11 is 6.34. The highest BCUT2D eigenvalue weighted by Gasteiger charge is 2.35. The molecule has 2 aromatic heterocycles. The number of carbonyl (C=O) groups excluding carboxylic acids is 2. The molecule has 3 heterocycles. The number of halogens is 2. The van der Waals surface area contributed by atoms with Gasteiger partial charge in [0.1, 0.15) is 17.1 Å². The number of hydrogen-bond donors (Lipinski definition) is 3. The maximum Gasteiger partial charge on any atom is 0.291 e. The van der Waals surface area contributed by atoms with Gasteiger partial charge in [0.25, 0.3) is 11.8 Å². The molecule has 2 amide bonds. The second-order valence-corrected chi connectivity index (χ2v) is 10.3. The Kier molecular flexibility index (Phi) is 5.92. The fourth-order valence-corrected chi connectivity index (χ4v) is 5.85. The number of nitrogens with one attached hydrogen (secondary N) is 2. The summed E-state index contributed by atoms with van der Waals surface area (Å²) in [7, 11) is 0. The number of aromatic nitrogens is 1. The van der Waals surface area contributed by atoms with Gasteiger partial charge >= 0.3 is 0 Å². The molecule has 10 heteroatoms. The molecule has 0 saturated heterocycles. The van der Waals surface area contributed by atoms with Crippen LogP contribution in [0.25, 0.3) is 32.6 Å². The summed E-state index contributed by atoms with van der Waals surface area (Å²) < 4.78 is 19.1.